The highest BCUT2D eigenvalue weighted by Gasteiger charge is 2.04. The first-order valence-electron chi connectivity index (χ1n) is 4.40. The number of hydrogen-bond acceptors (Lipinski definition) is 1. The molecule has 3 heteroatoms. The summed E-state index contributed by atoms with van der Waals surface area (Å²) in [5, 5.41) is 1.17. The van der Waals surface area contributed by atoms with Crippen molar-refractivity contribution in [3.05, 3.63) is 34.4 Å². The molecule has 0 radical (unpaired) electrons. The van der Waals surface area contributed by atoms with E-state index in [9.17, 15) is 4.79 Å². The third kappa shape index (κ3) is 1.48. The zero-order valence-corrected chi connectivity index (χ0v) is 9.41. The van der Waals surface area contributed by atoms with Gasteiger partial charge in [0.1, 0.15) is 6.29 Å². The van der Waals surface area contributed by atoms with Gasteiger partial charge in [-0.3, -0.25) is 0 Å². The van der Waals surface area contributed by atoms with E-state index in [1.165, 1.54) is 5.39 Å². The number of aromatic nitrogens is 1. The maximum atomic E-state index is 10.4. The van der Waals surface area contributed by atoms with Crippen LogP contribution in [0.4, 0.5) is 0 Å². The topological polar surface area (TPSA) is 22.0 Å². The number of nitrogens with zero attached hydrogens (tertiary/aromatic N) is 1. The van der Waals surface area contributed by atoms with Crippen LogP contribution in [0.5, 0.6) is 0 Å². The second kappa shape index (κ2) is 3.58. The minimum absolute atomic E-state index is 0.475. The number of halogens is 1. The Morgan fingerprint density at radius 2 is 2.21 bits per heavy atom. The van der Waals surface area contributed by atoms with E-state index >= 15 is 0 Å². The van der Waals surface area contributed by atoms with Crippen LogP contribution in [0, 0.1) is 0 Å². The summed E-state index contributed by atoms with van der Waals surface area (Å²) in [4.78, 5) is 10.4. The molecule has 0 atom stereocenters. The van der Waals surface area contributed by atoms with Crippen molar-refractivity contribution >= 4 is 33.1 Å². The Labute approximate surface area is 90.7 Å². The number of hydrogen-bond donors (Lipinski definition) is 0. The molecule has 0 N–H and O–H groups in total. The van der Waals surface area contributed by atoms with Gasteiger partial charge in [-0.1, -0.05) is 22.0 Å². The molecule has 14 heavy (non-hydrogen) atoms. The minimum atomic E-state index is 0.475. The molecule has 72 valence electrons. The van der Waals surface area contributed by atoms with Crippen LogP contribution < -0.4 is 0 Å². The maximum Gasteiger partial charge on any atom is 0.125 e. The molecule has 1 heterocycles. The van der Waals surface area contributed by atoms with E-state index in [0.29, 0.717) is 6.42 Å². The lowest BCUT2D eigenvalue weighted by Gasteiger charge is -2.00. The first-order chi connectivity index (χ1) is 6.72. The van der Waals surface area contributed by atoms with Crippen molar-refractivity contribution in [2.45, 2.75) is 6.42 Å². The van der Waals surface area contributed by atoms with Gasteiger partial charge in [0.05, 0.1) is 0 Å². The first kappa shape index (κ1) is 9.46. The zero-order chi connectivity index (χ0) is 10.1. The van der Waals surface area contributed by atoms with Gasteiger partial charge in [-0.2, -0.15) is 0 Å². The number of benzene rings is 1. The normalized spacial score (nSPS) is 10.7. The van der Waals surface area contributed by atoms with Crippen LogP contribution in [0.15, 0.2) is 28.7 Å². The van der Waals surface area contributed by atoms with Crippen molar-refractivity contribution in [3.8, 4) is 0 Å². The fourth-order valence-corrected chi connectivity index (χ4v) is 1.99. The number of aryl methyl sites for hydroxylation is 1. The molecule has 1 aromatic carbocycles. The lowest BCUT2D eigenvalue weighted by Crippen LogP contribution is -1.96. The molecule has 0 spiro atoms. The lowest BCUT2D eigenvalue weighted by molar-refractivity contribution is -0.107. The highest BCUT2D eigenvalue weighted by molar-refractivity contribution is 9.10. The monoisotopic (exact) mass is 251 g/mol. The second-order valence-electron chi connectivity index (χ2n) is 3.27. The fraction of sp³-hybridized carbons (Fsp3) is 0.182. The fourth-order valence-electron chi connectivity index (χ4n) is 1.64. The summed E-state index contributed by atoms with van der Waals surface area (Å²) >= 11 is 3.43. The maximum absolute atomic E-state index is 10.4. The molecule has 0 amide bonds. The van der Waals surface area contributed by atoms with Gasteiger partial charge in [-0.15, -0.1) is 0 Å². The molecule has 2 aromatic rings. The SMILES string of the molecule is Cn1c(CC=O)cc2ccc(Br)cc21. The molecule has 2 nitrogen and oxygen atoms in total. The Kier molecular flexibility index (Phi) is 2.42. The number of fused-ring (bicyclic) bond motifs is 1. The average molecular weight is 252 g/mol. The molecular weight excluding hydrogens is 242 g/mol. The summed E-state index contributed by atoms with van der Waals surface area (Å²) in [5.74, 6) is 0. The predicted octanol–water partition coefficient (Wildman–Crippen LogP) is 2.68. The van der Waals surface area contributed by atoms with Crippen LogP contribution in [0.25, 0.3) is 10.9 Å². The second-order valence-corrected chi connectivity index (χ2v) is 4.18. The third-order valence-corrected chi connectivity index (χ3v) is 2.89. The van der Waals surface area contributed by atoms with Gasteiger partial charge in [-0.05, 0) is 23.6 Å². The van der Waals surface area contributed by atoms with Crippen molar-refractivity contribution in [1.29, 1.82) is 0 Å². The number of aldehydes is 1. The van der Waals surface area contributed by atoms with E-state index in [2.05, 4.69) is 32.6 Å². The zero-order valence-electron chi connectivity index (χ0n) is 7.83. The van der Waals surface area contributed by atoms with Crippen LogP contribution in [0.3, 0.4) is 0 Å². The Morgan fingerprint density at radius 3 is 2.93 bits per heavy atom. The molecule has 0 aliphatic carbocycles. The van der Waals surface area contributed by atoms with Gasteiger partial charge in [0.25, 0.3) is 0 Å². The van der Waals surface area contributed by atoms with Gasteiger partial charge in [0.2, 0.25) is 0 Å². The number of carbonyl (C=O) groups excluding carboxylic acids is 1. The Morgan fingerprint density at radius 1 is 1.43 bits per heavy atom. The van der Waals surface area contributed by atoms with Gasteiger partial charge in [-0.25, -0.2) is 0 Å². The molecule has 0 saturated heterocycles. The van der Waals surface area contributed by atoms with E-state index < -0.39 is 0 Å². The van der Waals surface area contributed by atoms with Crippen LogP contribution in [0.1, 0.15) is 5.69 Å². The minimum Gasteiger partial charge on any atom is -0.347 e. The summed E-state index contributed by atoms with van der Waals surface area (Å²) in [6.45, 7) is 0. The van der Waals surface area contributed by atoms with Crippen molar-refractivity contribution in [3.63, 3.8) is 0 Å². The van der Waals surface area contributed by atoms with Crippen LogP contribution in [-0.2, 0) is 18.3 Å². The van der Waals surface area contributed by atoms with Crippen LogP contribution in [-0.4, -0.2) is 10.9 Å². The summed E-state index contributed by atoms with van der Waals surface area (Å²) in [6, 6.07) is 8.17. The molecule has 0 aliphatic rings. The molecule has 0 saturated carbocycles. The summed E-state index contributed by atoms with van der Waals surface area (Å²) < 4.78 is 3.11. The molecule has 0 aliphatic heterocycles. The Hall–Kier alpha value is -1.09. The van der Waals surface area contributed by atoms with Crippen molar-refractivity contribution in [1.82, 2.24) is 4.57 Å². The van der Waals surface area contributed by atoms with Crippen molar-refractivity contribution in [2.75, 3.05) is 0 Å². The van der Waals surface area contributed by atoms with Crippen molar-refractivity contribution < 1.29 is 4.79 Å². The first-order valence-corrected chi connectivity index (χ1v) is 5.19. The predicted molar refractivity (Wildman–Crippen MR) is 60.4 cm³/mol. The summed E-state index contributed by atoms with van der Waals surface area (Å²) in [7, 11) is 1.98. The highest BCUT2D eigenvalue weighted by Crippen LogP contribution is 2.22. The molecule has 2 rings (SSSR count). The quantitative estimate of drug-likeness (QED) is 0.753. The molecule has 0 unspecified atom stereocenters. The summed E-state index contributed by atoms with van der Waals surface area (Å²) in [5.41, 5.74) is 2.20. The standard InChI is InChI=1S/C11H10BrNO/c1-13-10(4-5-14)6-8-2-3-9(12)7-11(8)13/h2-3,5-7H,4H2,1H3. The largest absolute Gasteiger partial charge is 0.347 e. The van der Waals surface area contributed by atoms with E-state index in [1.54, 1.807) is 0 Å². The Bertz CT molecular complexity index is 487. The van der Waals surface area contributed by atoms with Crippen molar-refractivity contribution in [2.24, 2.45) is 7.05 Å². The van der Waals surface area contributed by atoms with E-state index in [-0.39, 0.29) is 0 Å². The van der Waals surface area contributed by atoms with Gasteiger partial charge in [0.15, 0.2) is 0 Å². The van der Waals surface area contributed by atoms with Crippen LogP contribution >= 0.6 is 15.9 Å². The van der Waals surface area contributed by atoms with Gasteiger partial charge < -0.3 is 9.36 Å². The third-order valence-electron chi connectivity index (χ3n) is 2.40. The van der Waals surface area contributed by atoms with E-state index in [4.69, 9.17) is 0 Å². The lowest BCUT2D eigenvalue weighted by atomic mass is 10.2. The molecule has 1 aromatic heterocycles. The van der Waals surface area contributed by atoms with E-state index in [0.717, 1.165) is 22.0 Å². The van der Waals surface area contributed by atoms with Gasteiger partial charge in [0, 0.05) is 29.2 Å². The molecular formula is C11H10BrNO. The number of carbonyl (C=O) groups is 1. The van der Waals surface area contributed by atoms with E-state index in [1.807, 2.05) is 19.2 Å². The van der Waals surface area contributed by atoms with Crippen LogP contribution in [0.2, 0.25) is 0 Å². The Balaban J connectivity index is 2.67. The molecule has 0 fully saturated rings. The highest BCUT2D eigenvalue weighted by atomic mass is 79.9. The van der Waals surface area contributed by atoms with Gasteiger partial charge >= 0.3 is 0 Å². The number of rotatable bonds is 2. The molecule has 0 bridgehead atoms. The average Bonchev–Trinajstić information content (AvgIpc) is 2.46. The smallest absolute Gasteiger partial charge is 0.125 e. The summed E-state index contributed by atoms with van der Waals surface area (Å²) in [6.07, 6.45) is 1.41.